The fourth-order valence-corrected chi connectivity index (χ4v) is 10.8. The number of carbonyl (C=O) groups excluding carboxylic acids is 2. The number of carbonyl (C=O) groups is 2. The molecule has 14 heteroatoms. The standard InChI is InChI=1S/C39H44F3N7O4/c40-39(41,42)33-29(34(50)47-38(35(43)51)25-17-23-16-24(19-25)20-26(38)18-23)3-5-32(46-33)49-22-37(8-14-52-15-9-37)30-21-28(2-4-31(30)49)53-27-6-12-48(13-7-27)36-44-10-1-11-45-36/h1-5,10-11,21,23-27H,6-9,12-20,22H2,(H2,43,51)(H,47,50). The Kier molecular flexibility index (Phi) is 8.32. The summed E-state index contributed by atoms with van der Waals surface area (Å²) in [6.07, 6.45) is 5.62. The summed E-state index contributed by atoms with van der Waals surface area (Å²) in [6.45, 7) is 3.01. The minimum atomic E-state index is -4.93. The lowest BCUT2D eigenvalue weighted by Gasteiger charge is -2.59. The van der Waals surface area contributed by atoms with Crippen molar-refractivity contribution in [2.45, 2.75) is 81.0 Å². The van der Waals surface area contributed by atoms with E-state index in [0.717, 1.165) is 75.0 Å². The number of anilines is 3. The zero-order chi connectivity index (χ0) is 36.5. The maximum atomic E-state index is 14.8. The minimum Gasteiger partial charge on any atom is -0.490 e. The average Bonchev–Trinajstić information content (AvgIpc) is 3.45. The van der Waals surface area contributed by atoms with Gasteiger partial charge in [0.15, 0.2) is 5.69 Å². The van der Waals surface area contributed by atoms with Crippen LogP contribution in [0.3, 0.4) is 0 Å². The molecule has 1 spiro atoms. The second-order valence-electron chi connectivity index (χ2n) is 16.1. The SMILES string of the molecule is NC(=O)C1(NC(=O)c2ccc(N3CC4(CCOCC4)c4cc(OC5CCN(c6ncccn6)CC5)ccc43)nc2C(F)(F)F)C2CC3CC(C2)CC1C3. The van der Waals surface area contributed by atoms with Crippen LogP contribution in [0.2, 0.25) is 0 Å². The molecule has 53 heavy (non-hydrogen) atoms. The number of ether oxygens (including phenoxy) is 2. The molecule has 1 aromatic carbocycles. The molecule has 3 aliphatic heterocycles. The number of hydrogen-bond acceptors (Lipinski definition) is 9. The molecule has 2 aromatic heterocycles. The van der Waals surface area contributed by atoms with Gasteiger partial charge in [-0.2, -0.15) is 13.2 Å². The molecule has 6 fully saturated rings. The monoisotopic (exact) mass is 731 g/mol. The Morgan fingerprint density at radius 1 is 0.943 bits per heavy atom. The van der Waals surface area contributed by atoms with Crippen LogP contribution in [0.25, 0.3) is 0 Å². The maximum Gasteiger partial charge on any atom is 0.434 e. The lowest BCUT2D eigenvalue weighted by atomic mass is 9.48. The van der Waals surface area contributed by atoms with Gasteiger partial charge in [-0.1, -0.05) is 0 Å². The highest BCUT2D eigenvalue weighted by molar-refractivity contribution is 6.00. The van der Waals surface area contributed by atoms with E-state index in [-0.39, 0.29) is 29.2 Å². The van der Waals surface area contributed by atoms with Gasteiger partial charge in [-0.3, -0.25) is 9.59 Å². The van der Waals surface area contributed by atoms with Crippen LogP contribution in [0.4, 0.5) is 30.6 Å². The second kappa shape index (κ2) is 12.8. The molecule has 11 nitrogen and oxygen atoms in total. The summed E-state index contributed by atoms with van der Waals surface area (Å²) in [5.74, 6) is 0.473. The fraction of sp³-hybridized carbons (Fsp3) is 0.564. The molecular weight excluding hydrogens is 687 g/mol. The van der Waals surface area contributed by atoms with Gasteiger partial charge >= 0.3 is 6.18 Å². The summed E-state index contributed by atoms with van der Waals surface area (Å²) in [6, 6.07) is 10.3. The summed E-state index contributed by atoms with van der Waals surface area (Å²) in [5.41, 5.74) is 4.13. The van der Waals surface area contributed by atoms with Gasteiger partial charge in [-0.25, -0.2) is 15.0 Å². The number of hydrogen-bond donors (Lipinski definition) is 2. The highest BCUT2D eigenvalue weighted by atomic mass is 19.4. The Hall–Kier alpha value is -4.46. The number of benzene rings is 1. The van der Waals surface area contributed by atoms with Crippen molar-refractivity contribution < 1.29 is 32.2 Å². The molecule has 7 aliphatic rings. The Bertz CT molecular complexity index is 1870. The van der Waals surface area contributed by atoms with Crippen LogP contribution in [-0.4, -0.2) is 71.3 Å². The first-order chi connectivity index (χ1) is 25.5. The van der Waals surface area contributed by atoms with Crippen LogP contribution in [0.15, 0.2) is 48.8 Å². The van der Waals surface area contributed by atoms with Crippen molar-refractivity contribution in [1.29, 1.82) is 0 Å². The molecule has 0 radical (unpaired) electrons. The quantitative estimate of drug-likeness (QED) is 0.321. The molecular formula is C39H44F3N7O4. The Balaban J connectivity index is 0.989. The third kappa shape index (κ3) is 5.88. The number of nitrogens with two attached hydrogens (primary N) is 1. The van der Waals surface area contributed by atoms with E-state index in [2.05, 4.69) is 25.2 Å². The Morgan fingerprint density at radius 3 is 2.26 bits per heavy atom. The zero-order valence-electron chi connectivity index (χ0n) is 29.5. The number of primary amides is 1. The van der Waals surface area contributed by atoms with Crippen LogP contribution in [0.5, 0.6) is 5.75 Å². The van der Waals surface area contributed by atoms with Crippen molar-refractivity contribution in [1.82, 2.24) is 20.3 Å². The summed E-state index contributed by atoms with van der Waals surface area (Å²) in [4.78, 5) is 43.8. The van der Waals surface area contributed by atoms with Crippen LogP contribution in [0.1, 0.15) is 79.4 Å². The Labute approximate surface area is 305 Å². The van der Waals surface area contributed by atoms with E-state index in [9.17, 15) is 22.8 Å². The number of fused-ring (bicyclic) bond motifs is 2. The molecule has 3 aromatic rings. The lowest BCUT2D eigenvalue weighted by Crippen LogP contribution is -2.71. The van der Waals surface area contributed by atoms with E-state index in [4.69, 9.17) is 15.2 Å². The molecule has 2 saturated heterocycles. The number of alkyl halides is 3. The number of halogens is 3. The number of rotatable bonds is 7. The van der Waals surface area contributed by atoms with Gasteiger partial charge in [0.25, 0.3) is 5.91 Å². The van der Waals surface area contributed by atoms with Crippen LogP contribution in [0, 0.1) is 23.7 Å². The maximum absolute atomic E-state index is 14.8. The van der Waals surface area contributed by atoms with E-state index in [1.807, 2.05) is 23.1 Å². The first kappa shape index (κ1) is 34.3. The highest BCUT2D eigenvalue weighted by Gasteiger charge is 2.61. The van der Waals surface area contributed by atoms with Gasteiger partial charge in [-0.05, 0) is 111 Å². The summed E-state index contributed by atoms with van der Waals surface area (Å²) in [5, 5.41) is 2.80. The topological polar surface area (TPSA) is 136 Å². The van der Waals surface area contributed by atoms with Crippen molar-refractivity contribution in [2.75, 3.05) is 42.6 Å². The van der Waals surface area contributed by atoms with Crippen LogP contribution >= 0.6 is 0 Å². The number of amides is 2. The summed E-state index contributed by atoms with van der Waals surface area (Å²) in [7, 11) is 0. The average molecular weight is 732 g/mol. The van der Waals surface area contributed by atoms with Crippen LogP contribution in [-0.2, 0) is 21.1 Å². The molecule has 3 N–H and O–H groups in total. The second-order valence-corrected chi connectivity index (χ2v) is 16.1. The molecule has 4 saturated carbocycles. The largest absolute Gasteiger partial charge is 0.490 e. The smallest absolute Gasteiger partial charge is 0.434 e. The Morgan fingerprint density at radius 2 is 1.62 bits per heavy atom. The predicted molar refractivity (Wildman–Crippen MR) is 189 cm³/mol. The van der Waals surface area contributed by atoms with Gasteiger partial charge in [0.1, 0.15) is 23.2 Å². The molecule has 280 valence electrons. The van der Waals surface area contributed by atoms with E-state index in [1.165, 1.54) is 12.1 Å². The minimum absolute atomic E-state index is 0.00145. The molecule has 4 aliphatic carbocycles. The van der Waals surface area contributed by atoms with E-state index >= 15 is 0 Å². The fourth-order valence-electron chi connectivity index (χ4n) is 10.8. The zero-order valence-corrected chi connectivity index (χ0v) is 29.5. The van der Waals surface area contributed by atoms with Crippen molar-refractivity contribution in [3.05, 3.63) is 65.6 Å². The highest BCUT2D eigenvalue weighted by Crippen LogP contribution is 2.58. The first-order valence-corrected chi connectivity index (χ1v) is 18.9. The molecule has 0 atom stereocenters. The first-order valence-electron chi connectivity index (χ1n) is 18.9. The van der Waals surface area contributed by atoms with Crippen molar-refractivity contribution in [3.8, 4) is 5.75 Å². The molecule has 10 rings (SSSR count). The number of aromatic nitrogens is 3. The van der Waals surface area contributed by atoms with E-state index in [0.29, 0.717) is 50.4 Å². The van der Waals surface area contributed by atoms with Crippen molar-refractivity contribution >= 4 is 29.3 Å². The number of piperidine rings is 1. The van der Waals surface area contributed by atoms with Crippen molar-refractivity contribution in [3.63, 3.8) is 0 Å². The number of nitrogens with zero attached hydrogens (tertiary/aromatic N) is 5. The normalized spacial score (nSPS) is 29.0. The number of pyridine rings is 1. The van der Waals surface area contributed by atoms with Gasteiger partial charge < -0.3 is 30.3 Å². The van der Waals surface area contributed by atoms with E-state index < -0.39 is 34.8 Å². The summed E-state index contributed by atoms with van der Waals surface area (Å²) < 4.78 is 56.8. The van der Waals surface area contributed by atoms with Gasteiger partial charge in [0.2, 0.25) is 11.9 Å². The van der Waals surface area contributed by atoms with Crippen LogP contribution < -0.4 is 25.6 Å². The summed E-state index contributed by atoms with van der Waals surface area (Å²) >= 11 is 0. The lowest BCUT2D eigenvalue weighted by molar-refractivity contribution is -0.142. The van der Waals surface area contributed by atoms with E-state index in [1.54, 1.807) is 18.5 Å². The molecule has 0 unspecified atom stereocenters. The molecule has 5 heterocycles. The molecule has 4 bridgehead atoms. The van der Waals surface area contributed by atoms with Crippen molar-refractivity contribution in [2.24, 2.45) is 29.4 Å². The molecule has 2 amide bonds. The van der Waals surface area contributed by atoms with Gasteiger partial charge in [0, 0.05) is 69.2 Å². The predicted octanol–water partition coefficient (Wildman–Crippen LogP) is 5.55. The third-order valence-electron chi connectivity index (χ3n) is 13.1. The van der Waals surface area contributed by atoms with Gasteiger partial charge in [-0.15, -0.1) is 0 Å². The third-order valence-corrected chi connectivity index (χ3v) is 13.1. The van der Waals surface area contributed by atoms with Gasteiger partial charge in [0.05, 0.1) is 5.56 Å². The number of nitrogens with one attached hydrogen (secondary N) is 1.